The Hall–Kier alpha value is -2.37. The second-order valence-electron chi connectivity index (χ2n) is 7.62. The normalized spacial score (nSPS) is 10.4. The van der Waals surface area contributed by atoms with E-state index in [-0.39, 0.29) is 34.6 Å². The molecule has 0 atom stereocenters. The van der Waals surface area contributed by atoms with Crippen molar-refractivity contribution in [2.75, 3.05) is 0 Å². The van der Waals surface area contributed by atoms with Gasteiger partial charge in [-0.25, -0.2) is 9.97 Å². The Morgan fingerprint density at radius 1 is 0.613 bits per heavy atom. The molecule has 0 saturated heterocycles. The number of aromatic amines is 2. The van der Waals surface area contributed by atoms with E-state index in [1.165, 1.54) is 12.8 Å². The quantitative estimate of drug-likeness (QED) is 0.440. The number of benzene rings is 2. The van der Waals surface area contributed by atoms with Gasteiger partial charge < -0.3 is 10.2 Å². The molecule has 0 aliphatic rings. The van der Waals surface area contributed by atoms with E-state index in [9.17, 15) is 10.2 Å². The van der Waals surface area contributed by atoms with E-state index in [2.05, 4.69) is 35.9 Å². The zero-order valence-corrected chi connectivity index (χ0v) is 20.0. The van der Waals surface area contributed by atoms with Crippen molar-refractivity contribution in [3.8, 4) is 11.5 Å². The predicted molar refractivity (Wildman–Crippen MR) is 123 cm³/mol. The van der Waals surface area contributed by atoms with Crippen LogP contribution in [0.15, 0.2) is 60.7 Å². The van der Waals surface area contributed by atoms with Crippen molar-refractivity contribution >= 4 is 44.9 Å². The smallest absolute Gasteiger partial charge is 0.868 e. The molecule has 5 heteroatoms. The van der Waals surface area contributed by atoms with Crippen molar-refractivity contribution in [3.63, 3.8) is 0 Å². The van der Waals surface area contributed by atoms with Gasteiger partial charge in [-0.15, -0.1) is 0 Å². The molecule has 2 aromatic carbocycles. The minimum Gasteiger partial charge on any atom is -0.868 e. The van der Waals surface area contributed by atoms with Crippen molar-refractivity contribution in [3.05, 3.63) is 72.1 Å². The van der Waals surface area contributed by atoms with Crippen LogP contribution in [-0.4, -0.2) is 23.1 Å². The Bertz CT molecular complexity index is 1030. The van der Waals surface area contributed by atoms with Gasteiger partial charge in [-0.1, -0.05) is 51.0 Å². The molecule has 0 bridgehead atoms. The fourth-order valence-electron chi connectivity index (χ4n) is 3.45. The summed E-state index contributed by atoms with van der Waals surface area (Å²) in [6, 6.07) is 18.9. The van der Waals surface area contributed by atoms with Crippen LogP contribution >= 0.6 is 0 Å². The Morgan fingerprint density at radius 3 is 1.42 bits per heavy atom. The van der Waals surface area contributed by atoms with E-state index < -0.39 is 0 Å². The summed E-state index contributed by atoms with van der Waals surface area (Å²) in [5.74, 6) is 0.150. The van der Waals surface area contributed by atoms with Gasteiger partial charge in [-0.05, 0) is 48.6 Å². The molecular weight excluding hydrogens is 397 g/mol. The van der Waals surface area contributed by atoms with Crippen molar-refractivity contribution in [2.24, 2.45) is 0 Å². The number of aromatic nitrogens is 2. The Morgan fingerprint density at radius 2 is 1.03 bits per heavy atom. The van der Waals surface area contributed by atoms with Crippen LogP contribution in [0, 0.1) is 0 Å². The first-order valence-corrected chi connectivity index (χ1v) is 10.8. The van der Waals surface area contributed by atoms with Gasteiger partial charge in [0.05, 0.1) is 0 Å². The van der Waals surface area contributed by atoms with Crippen molar-refractivity contribution in [1.29, 1.82) is 0 Å². The summed E-state index contributed by atoms with van der Waals surface area (Å²) in [5.41, 5.74) is 3.75. The van der Waals surface area contributed by atoms with Crippen LogP contribution in [-0.2, 0) is 12.8 Å². The van der Waals surface area contributed by atoms with E-state index >= 15 is 0 Å². The van der Waals surface area contributed by atoms with Gasteiger partial charge >= 0.3 is 23.1 Å². The van der Waals surface area contributed by atoms with E-state index in [1.54, 1.807) is 24.3 Å². The standard InChI is InChI=1S/2C13H15NO.Mg/c2*1-2-3-6-11-9-8-10-5-4-7-12(15)13(10)14-11;/h2*4-5,7-9,15H,2-3,6H2,1H3;/q;;+2. The minimum atomic E-state index is 0. The number of para-hydroxylation sites is 2. The molecule has 0 aliphatic carbocycles. The predicted octanol–water partition coefficient (Wildman–Crippen LogP) is 3.76. The molecule has 2 aromatic heterocycles. The molecule has 0 unspecified atom stereocenters. The Balaban J connectivity index is 0.000000213. The third kappa shape index (κ3) is 6.81. The zero-order valence-electron chi connectivity index (χ0n) is 18.5. The van der Waals surface area contributed by atoms with Gasteiger partial charge in [0.15, 0.2) is 11.4 Å². The number of fused-ring (bicyclic) bond motifs is 2. The maximum absolute atomic E-state index is 11.6. The third-order valence-corrected chi connectivity index (χ3v) is 5.22. The van der Waals surface area contributed by atoms with E-state index in [1.807, 2.05) is 24.3 Å². The van der Waals surface area contributed by atoms with Gasteiger partial charge in [-0.2, -0.15) is 0 Å². The topological polar surface area (TPSA) is 74.4 Å². The fraction of sp³-hybridized carbons (Fsp3) is 0.308. The van der Waals surface area contributed by atoms with Crippen LogP contribution in [0.3, 0.4) is 0 Å². The van der Waals surface area contributed by atoms with Crippen LogP contribution in [0.4, 0.5) is 0 Å². The molecule has 0 fully saturated rings. The SMILES string of the molecule is CCCCc1ccc2cccc([O-])c2[nH+]1.CCCCc1ccc2cccc([O-])c2[nH+]1.[Mg+2]. The van der Waals surface area contributed by atoms with Gasteiger partial charge in [0.2, 0.25) is 11.0 Å². The molecule has 156 valence electrons. The van der Waals surface area contributed by atoms with E-state index in [0.29, 0.717) is 0 Å². The molecule has 4 nitrogen and oxygen atoms in total. The third-order valence-electron chi connectivity index (χ3n) is 5.22. The number of rotatable bonds is 6. The summed E-state index contributed by atoms with van der Waals surface area (Å²) in [6.07, 6.45) is 6.68. The van der Waals surface area contributed by atoms with E-state index in [0.717, 1.165) is 58.9 Å². The molecule has 4 rings (SSSR count). The summed E-state index contributed by atoms with van der Waals surface area (Å²) in [4.78, 5) is 6.43. The number of nitrogens with one attached hydrogen (secondary N) is 2. The minimum absolute atomic E-state index is 0. The molecule has 0 radical (unpaired) electrons. The maximum Gasteiger partial charge on any atom is 2.00 e. The number of aryl methyl sites for hydroxylation is 2. The Labute approximate surface area is 200 Å². The first-order chi connectivity index (χ1) is 14.6. The van der Waals surface area contributed by atoms with Gasteiger partial charge in [0.25, 0.3) is 0 Å². The summed E-state index contributed by atoms with van der Waals surface area (Å²) in [6.45, 7) is 4.33. The first kappa shape index (κ1) is 24.9. The molecule has 31 heavy (non-hydrogen) atoms. The summed E-state index contributed by atoms with van der Waals surface area (Å²) in [5, 5.41) is 25.1. The van der Waals surface area contributed by atoms with Crippen LogP contribution < -0.4 is 20.2 Å². The molecular formula is C26H30MgN2O2+2. The largest absolute Gasteiger partial charge is 2.00 e. The van der Waals surface area contributed by atoms with Crippen LogP contribution in [0.25, 0.3) is 21.8 Å². The molecule has 0 amide bonds. The summed E-state index contributed by atoms with van der Waals surface area (Å²) >= 11 is 0. The van der Waals surface area contributed by atoms with Crippen molar-refractivity contribution in [2.45, 2.75) is 52.4 Å². The number of pyridine rings is 2. The van der Waals surface area contributed by atoms with Crippen LogP contribution in [0.2, 0.25) is 0 Å². The van der Waals surface area contributed by atoms with Crippen LogP contribution in [0.5, 0.6) is 11.5 Å². The van der Waals surface area contributed by atoms with Crippen molar-refractivity contribution < 1.29 is 20.2 Å². The van der Waals surface area contributed by atoms with Gasteiger partial charge in [-0.3, -0.25) is 0 Å². The molecule has 0 aliphatic heterocycles. The Kier molecular flexibility index (Phi) is 10.0. The molecule has 2 N–H and O–H groups in total. The molecule has 0 spiro atoms. The molecule has 4 aromatic rings. The van der Waals surface area contributed by atoms with Gasteiger partial charge in [0.1, 0.15) is 0 Å². The monoisotopic (exact) mass is 426 g/mol. The van der Waals surface area contributed by atoms with Gasteiger partial charge in [0, 0.05) is 35.7 Å². The molecule has 0 saturated carbocycles. The van der Waals surface area contributed by atoms with Crippen LogP contribution in [0.1, 0.15) is 50.9 Å². The second-order valence-corrected chi connectivity index (χ2v) is 7.62. The summed E-state index contributed by atoms with van der Waals surface area (Å²) < 4.78 is 0. The zero-order chi connectivity index (χ0) is 21.3. The number of hydrogen-bond acceptors (Lipinski definition) is 2. The maximum atomic E-state index is 11.6. The van der Waals surface area contributed by atoms with Crippen molar-refractivity contribution in [1.82, 2.24) is 0 Å². The number of unbranched alkanes of at least 4 members (excludes halogenated alkanes) is 2. The first-order valence-electron chi connectivity index (χ1n) is 10.8. The van der Waals surface area contributed by atoms with E-state index in [4.69, 9.17) is 0 Å². The molecule has 2 heterocycles. The number of H-pyrrole nitrogens is 2. The summed E-state index contributed by atoms with van der Waals surface area (Å²) in [7, 11) is 0. The second kappa shape index (κ2) is 12.5. The average Bonchev–Trinajstić information content (AvgIpc) is 2.77. The average molecular weight is 427 g/mol. The fourth-order valence-corrected chi connectivity index (χ4v) is 3.45. The number of hydrogen-bond donors (Lipinski definition) is 0.